The number of hydrogen-bond acceptors (Lipinski definition) is 3. The van der Waals surface area contributed by atoms with E-state index in [0.717, 1.165) is 47.2 Å². The van der Waals surface area contributed by atoms with Gasteiger partial charge in [0.05, 0.1) is 0 Å². The summed E-state index contributed by atoms with van der Waals surface area (Å²) < 4.78 is 5.31. The van der Waals surface area contributed by atoms with Crippen LogP contribution in [0.2, 0.25) is 0 Å². The van der Waals surface area contributed by atoms with Gasteiger partial charge in [-0.3, -0.25) is 4.79 Å². The van der Waals surface area contributed by atoms with Crippen LogP contribution in [0.5, 0.6) is 0 Å². The number of nitrogens with one attached hydrogen (secondary N) is 1. The standard InChI is InChI=1S/C18H19NO3/c1-11-6-12(2)8-13(7-11)10-22-18(21)15-9-14-4-3-5-16(14)19-17(15)20/h6-9H,3-5,10H2,1-2H3,(H,19,20). The van der Waals surface area contributed by atoms with Crippen molar-refractivity contribution in [1.29, 1.82) is 0 Å². The van der Waals surface area contributed by atoms with Crippen LogP contribution in [-0.2, 0) is 24.2 Å². The maximum Gasteiger partial charge on any atom is 0.344 e. The predicted octanol–water partition coefficient (Wildman–Crippen LogP) is 2.84. The molecule has 0 unspecified atom stereocenters. The molecule has 1 aliphatic rings. The number of H-pyrrole nitrogens is 1. The summed E-state index contributed by atoms with van der Waals surface area (Å²) >= 11 is 0. The van der Waals surface area contributed by atoms with E-state index < -0.39 is 5.97 Å². The smallest absolute Gasteiger partial charge is 0.344 e. The van der Waals surface area contributed by atoms with Gasteiger partial charge in [0.1, 0.15) is 12.2 Å². The Hall–Kier alpha value is -2.36. The number of aromatic nitrogens is 1. The highest BCUT2D eigenvalue weighted by Gasteiger charge is 2.19. The van der Waals surface area contributed by atoms with E-state index in [4.69, 9.17) is 4.74 Å². The molecule has 0 saturated heterocycles. The van der Waals surface area contributed by atoms with Gasteiger partial charge >= 0.3 is 5.97 Å². The first-order valence-electron chi connectivity index (χ1n) is 7.52. The predicted molar refractivity (Wildman–Crippen MR) is 84.1 cm³/mol. The first kappa shape index (κ1) is 14.6. The number of ether oxygens (including phenoxy) is 1. The van der Waals surface area contributed by atoms with Crippen LogP contribution in [0.15, 0.2) is 29.1 Å². The molecule has 0 atom stereocenters. The number of aryl methyl sites for hydroxylation is 4. The molecular weight excluding hydrogens is 278 g/mol. The summed E-state index contributed by atoms with van der Waals surface area (Å²) in [6, 6.07) is 7.71. The van der Waals surface area contributed by atoms with Gasteiger partial charge in [-0.2, -0.15) is 0 Å². The molecule has 1 aromatic carbocycles. The van der Waals surface area contributed by atoms with Crippen molar-refractivity contribution in [3.05, 3.63) is 68.1 Å². The third-order valence-corrected chi connectivity index (χ3v) is 3.96. The molecule has 0 saturated carbocycles. The zero-order chi connectivity index (χ0) is 15.7. The van der Waals surface area contributed by atoms with E-state index in [1.807, 2.05) is 26.0 Å². The molecule has 0 bridgehead atoms. The van der Waals surface area contributed by atoms with E-state index >= 15 is 0 Å². The molecule has 0 aliphatic heterocycles. The summed E-state index contributed by atoms with van der Waals surface area (Å²) in [5.74, 6) is -0.560. The average Bonchev–Trinajstić information content (AvgIpc) is 2.90. The van der Waals surface area contributed by atoms with Crippen molar-refractivity contribution < 1.29 is 9.53 Å². The molecule has 1 aromatic heterocycles. The molecule has 0 amide bonds. The van der Waals surface area contributed by atoms with Gasteiger partial charge in [0.2, 0.25) is 0 Å². The van der Waals surface area contributed by atoms with Gasteiger partial charge < -0.3 is 9.72 Å². The molecular formula is C18H19NO3. The lowest BCUT2D eigenvalue weighted by Gasteiger charge is -2.08. The number of benzene rings is 1. The lowest BCUT2D eigenvalue weighted by atomic mass is 10.1. The number of carbonyl (C=O) groups excluding carboxylic acids is 1. The van der Waals surface area contributed by atoms with Crippen molar-refractivity contribution in [2.24, 2.45) is 0 Å². The van der Waals surface area contributed by atoms with Crippen LogP contribution >= 0.6 is 0 Å². The normalized spacial score (nSPS) is 13.0. The molecule has 2 aromatic rings. The average molecular weight is 297 g/mol. The Morgan fingerprint density at radius 3 is 2.59 bits per heavy atom. The molecule has 4 nitrogen and oxygen atoms in total. The van der Waals surface area contributed by atoms with Gasteiger partial charge in [0.15, 0.2) is 0 Å². The van der Waals surface area contributed by atoms with Gasteiger partial charge in [0.25, 0.3) is 5.56 Å². The Labute approximate surface area is 129 Å². The molecule has 0 fully saturated rings. The van der Waals surface area contributed by atoms with Crippen LogP contribution in [0.4, 0.5) is 0 Å². The topological polar surface area (TPSA) is 59.2 Å². The van der Waals surface area contributed by atoms with Crippen molar-refractivity contribution in [3.63, 3.8) is 0 Å². The quantitative estimate of drug-likeness (QED) is 0.886. The van der Waals surface area contributed by atoms with E-state index in [1.165, 1.54) is 0 Å². The number of pyridine rings is 1. The largest absolute Gasteiger partial charge is 0.457 e. The second-order valence-electron chi connectivity index (χ2n) is 5.94. The van der Waals surface area contributed by atoms with Crippen LogP contribution < -0.4 is 5.56 Å². The van der Waals surface area contributed by atoms with Crippen LogP contribution in [0, 0.1) is 13.8 Å². The Morgan fingerprint density at radius 2 is 1.86 bits per heavy atom. The summed E-state index contributed by atoms with van der Waals surface area (Å²) in [5, 5.41) is 0. The van der Waals surface area contributed by atoms with Crippen LogP contribution in [0.1, 0.15) is 44.7 Å². The van der Waals surface area contributed by atoms with Gasteiger partial charge in [0, 0.05) is 5.69 Å². The fourth-order valence-electron chi connectivity index (χ4n) is 3.04. The molecule has 22 heavy (non-hydrogen) atoms. The Balaban J connectivity index is 1.76. The van der Waals surface area contributed by atoms with Crippen LogP contribution in [0.25, 0.3) is 0 Å². The first-order valence-corrected chi connectivity index (χ1v) is 7.52. The van der Waals surface area contributed by atoms with Crippen molar-refractivity contribution in [2.45, 2.75) is 39.7 Å². The van der Waals surface area contributed by atoms with E-state index in [2.05, 4.69) is 11.1 Å². The molecule has 114 valence electrons. The van der Waals surface area contributed by atoms with Gasteiger partial charge in [-0.05, 0) is 50.3 Å². The molecule has 0 spiro atoms. The summed E-state index contributed by atoms with van der Waals surface area (Å²) in [5.41, 5.74) is 4.94. The van der Waals surface area contributed by atoms with Gasteiger partial charge in [-0.15, -0.1) is 0 Å². The van der Waals surface area contributed by atoms with Crippen molar-refractivity contribution >= 4 is 5.97 Å². The number of fused-ring (bicyclic) bond motifs is 1. The number of hydrogen-bond donors (Lipinski definition) is 1. The zero-order valence-electron chi connectivity index (χ0n) is 12.9. The third-order valence-electron chi connectivity index (χ3n) is 3.96. The molecule has 1 N–H and O–H groups in total. The summed E-state index contributed by atoms with van der Waals surface area (Å²) in [7, 11) is 0. The fraction of sp³-hybridized carbons (Fsp3) is 0.333. The Morgan fingerprint density at radius 1 is 1.14 bits per heavy atom. The SMILES string of the molecule is Cc1cc(C)cc(COC(=O)c2cc3c([nH]c2=O)CCC3)c1. The highest BCUT2D eigenvalue weighted by molar-refractivity contribution is 5.89. The monoisotopic (exact) mass is 297 g/mol. The summed E-state index contributed by atoms with van der Waals surface area (Å²) in [4.78, 5) is 26.9. The molecule has 1 heterocycles. The second-order valence-corrected chi connectivity index (χ2v) is 5.94. The van der Waals surface area contributed by atoms with Crippen molar-refractivity contribution in [3.8, 4) is 0 Å². The zero-order valence-corrected chi connectivity index (χ0v) is 12.9. The maximum atomic E-state index is 12.2. The van der Waals surface area contributed by atoms with E-state index in [1.54, 1.807) is 6.07 Å². The highest BCUT2D eigenvalue weighted by atomic mass is 16.5. The van der Waals surface area contributed by atoms with Crippen LogP contribution in [-0.4, -0.2) is 11.0 Å². The third kappa shape index (κ3) is 2.96. The van der Waals surface area contributed by atoms with E-state index in [-0.39, 0.29) is 17.7 Å². The van der Waals surface area contributed by atoms with Gasteiger partial charge in [-0.25, -0.2) is 4.79 Å². The minimum Gasteiger partial charge on any atom is -0.457 e. The van der Waals surface area contributed by atoms with Crippen molar-refractivity contribution in [1.82, 2.24) is 4.98 Å². The fourth-order valence-corrected chi connectivity index (χ4v) is 3.04. The van der Waals surface area contributed by atoms with E-state index in [9.17, 15) is 9.59 Å². The number of carbonyl (C=O) groups is 1. The maximum absolute atomic E-state index is 12.2. The number of esters is 1. The number of rotatable bonds is 3. The Bertz CT molecular complexity index is 769. The van der Waals surface area contributed by atoms with Crippen LogP contribution in [0.3, 0.4) is 0 Å². The van der Waals surface area contributed by atoms with Crippen molar-refractivity contribution in [2.75, 3.05) is 0 Å². The second kappa shape index (κ2) is 5.79. The highest BCUT2D eigenvalue weighted by Crippen LogP contribution is 2.19. The summed E-state index contributed by atoms with van der Waals surface area (Å²) in [6.07, 6.45) is 2.80. The summed E-state index contributed by atoms with van der Waals surface area (Å²) in [6.45, 7) is 4.19. The van der Waals surface area contributed by atoms with E-state index in [0.29, 0.717) is 0 Å². The molecule has 3 rings (SSSR count). The van der Waals surface area contributed by atoms with Gasteiger partial charge in [-0.1, -0.05) is 29.3 Å². The lowest BCUT2D eigenvalue weighted by Crippen LogP contribution is -2.21. The molecule has 1 aliphatic carbocycles. The minimum atomic E-state index is -0.560. The molecule has 0 radical (unpaired) electrons. The first-order chi connectivity index (χ1) is 10.5. The number of aromatic amines is 1. The lowest BCUT2D eigenvalue weighted by molar-refractivity contribution is 0.0470. The Kier molecular flexibility index (Phi) is 3.84. The minimum absolute atomic E-state index is 0.102. The molecule has 4 heteroatoms.